The molecule has 3 N–H and O–H groups in total. The molecule has 0 radical (unpaired) electrons. The first-order valence-electron chi connectivity index (χ1n) is 10.0. The molecule has 4 aromatic rings. The first kappa shape index (κ1) is 20.7. The number of aryl methyl sites for hydroxylation is 1. The fourth-order valence-corrected chi connectivity index (χ4v) is 3.61. The summed E-state index contributed by atoms with van der Waals surface area (Å²) < 4.78 is 5.15. The van der Waals surface area contributed by atoms with Crippen molar-refractivity contribution in [3.05, 3.63) is 76.8 Å². The van der Waals surface area contributed by atoms with Crippen LogP contribution < -0.4 is 16.0 Å². The molecule has 0 spiro atoms. The SMILES string of the molecule is Cc1coc(NC(=O)c2ccc(Nc3ncc4c(n3)-c3ccc(Cl)cc3NC(=O)C4)cc2)n1. The Hall–Kier alpha value is -4.24. The van der Waals surface area contributed by atoms with Crippen molar-refractivity contribution in [2.75, 3.05) is 16.0 Å². The van der Waals surface area contributed by atoms with Crippen LogP contribution in [-0.2, 0) is 11.2 Å². The van der Waals surface area contributed by atoms with Gasteiger partial charge in [-0.25, -0.2) is 9.97 Å². The van der Waals surface area contributed by atoms with Gasteiger partial charge in [0.25, 0.3) is 5.91 Å². The van der Waals surface area contributed by atoms with Crippen LogP contribution in [0.2, 0.25) is 5.02 Å². The summed E-state index contributed by atoms with van der Waals surface area (Å²) in [4.78, 5) is 37.6. The highest BCUT2D eigenvalue weighted by Crippen LogP contribution is 2.34. The highest BCUT2D eigenvalue weighted by Gasteiger charge is 2.21. The fraction of sp³-hybridized carbons (Fsp3) is 0.0870. The van der Waals surface area contributed by atoms with Crippen LogP contribution in [-0.4, -0.2) is 26.8 Å². The number of oxazole rings is 1. The molecule has 0 aliphatic carbocycles. The van der Waals surface area contributed by atoms with Crippen LogP contribution in [0.25, 0.3) is 11.3 Å². The summed E-state index contributed by atoms with van der Waals surface area (Å²) >= 11 is 6.09. The van der Waals surface area contributed by atoms with E-state index in [1.807, 2.05) is 6.07 Å². The predicted molar refractivity (Wildman–Crippen MR) is 124 cm³/mol. The molecule has 0 unspecified atom stereocenters. The average Bonchev–Trinajstić information content (AvgIpc) is 3.13. The number of carbonyl (C=O) groups excluding carboxylic acids is 2. The van der Waals surface area contributed by atoms with Crippen LogP contribution >= 0.6 is 11.6 Å². The number of carbonyl (C=O) groups is 2. The van der Waals surface area contributed by atoms with Crippen molar-refractivity contribution in [2.24, 2.45) is 0 Å². The molecule has 1 aliphatic heterocycles. The number of halogens is 1. The minimum atomic E-state index is -0.336. The Morgan fingerprint density at radius 2 is 1.97 bits per heavy atom. The van der Waals surface area contributed by atoms with E-state index in [4.69, 9.17) is 16.0 Å². The Balaban J connectivity index is 1.37. The summed E-state index contributed by atoms with van der Waals surface area (Å²) in [5, 5.41) is 9.11. The maximum Gasteiger partial charge on any atom is 0.301 e. The molecule has 0 saturated carbocycles. The van der Waals surface area contributed by atoms with Crippen molar-refractivity contribution in [1.82, 2.24) is 15.0 Å². The van der Waals surface area contributed by atoms with E-state index in [1.165, 1.54) is 6.26 Å². The van der Waals surface area contributed by atoms with E-state index in [0.29, 0.717) is 44.9 Å². The minimum Gasteiger partial charge on any atom is -0.432 e. The summed E-state index contributed by atoms with van der Waals surface area (Å²) in [6, 6.07) is 12.2. The van der Waals surface area contributed by atoms with Crippen LogP contribution in [0.15, 0.2) is 59.3 Å². The zero-order chi connectivity index (χ0) is 22.9. The molecule has 1 aliphatic rings. The molecule has 33 heavy (non-hydrogen) atoms. The molecule has 3 heterocycles. The number of anilines is 4. The summed E-state index contributed by atoms with van der Waals surface area (Å²) in [5.74, 6) is -0.135. The fourth-order valence-electron chi connectivity index (χ4n) is 3.44. The monoisotopic (exact) mass is 460 g/mol. The van der Waals surface area contributed by atoms with Crippen LogP contribution in [0.3, 0.4) is 0 Å². The summed E-state index contributed by atoms with van der Waals surface area (Å²) in [7, 11) is 0. The lowest BCUT2D eigenvalue weighted by Crippen LogP contribution is -2.13. The lowest BCUT2D eigenvalue weighted by Gasteiger charge is -2.11. The number of benzene rings is 2. The van der Waals surface area contributed by atoms with Gasteiger partial charge in [0, 0.05) is 33.6 Å². The predicted octanol–water partition coefficient (Wildman–Crippen LogP) is 4.58. The third kappa shape index (κ3) is 4.39. The van der Waals surface area contributed by atoms with E-state index in [0.717, 1.165) is 5.56 Å². The Kier molecular flexibility index (Phi) is 5.23. The van der Waals surface area contributed by atoms with Gasteiger partial charge in [0.15, 0.2) is 0 Å². The molecule has 2 aromatic carbocycles. The number of amides is 2. The molecule has 10 heteroatoms. The normalized spacial score (nSPS) is 12.2. The van der Waals surface area contributed by atoms with Gasteiger partial charge >= 0.3 is 6.01 Å². The lowest BCUT2D eigenvalue weighted by molar-refractivity contribution is -0.115. The van der Waals surface area contributed by atoms with E-state index in [9.17, 15) is 9.59 Å². The van der Waals surface area contributed by atoms with Gasteiger partial charge in [-0.3, -0.25) is 14.9 Å². The number of fused-ring (bicyclic) bond motifs is 3. The minimum absolute atomic E-state index is 0.146. The van der Waals surface area contributed by atoms with Gasteiger partial charge < -0.3 is 15.1 Å². The molecular weight excluding hydrogens is 444 g/mol. The van der Waals surface area contributed by atoms with Crippen LogP contribution in [0.4, 0.5) is 23.3 Å². The van der Waals surface area contributed by atoms with Gasteiger partial charge in [-0.2, -0.15) is 4.98 Å². The molecule has 0 atom stereocenters. The standard InChI is InChI=1S/C23H17ClN6O3/c1-12-11-33-23(26-12)30-21(32)13-2-5-16(6-3-13)27-22-25-10-14-8-19(31)28-18-9-15(24)4-7-17(18)20(14)29-22/h2-7,9-11H,8H2,1H3,(H,28,31)(H,25,27,29)(H,26,30,32). The molecule has 2 aromatic heterocycles. The van der Waals surface area contributed by atoms with Gasteiger partial charge in [0.1, 0.15) is 6.26 Å². The highest BCUT2D eigenvalue weighted by atomic mass is 35.5. The first-order valence-corrected chi connectivity index (χ1v) is 10.4. The van der Waals surface area contributed by atoms with E-state index >= 15 is 0 Å². The largest absolute Gasteiger partial charge is 0.432 e. The van der Waals surface area contributed by atoms with Crippen molar-refractivity contribution >= 4 is 46.8 Å². The maximum absolute atomic E-state index is 12.4. The third-order valence-electron chi connectivity index (χ3n) is 4.97. The number of hydrogen-bond acceptors (Lipinski definition) is 7. The Labute approximate surface area is 193 Å². The summed E-state index contributed by atoms with van der Waals surface area (Å²) in [6.07, 6.45) is 3.26. The zero-order valence-corrected chi connectivity index (χ0v) is 18.1. The van der Waals surface area contributed by atoms with Crippen molar-refractivity contribution in [3.8, 4) is 11.3 Å². The van der Waals surface area contributed by atoms with Gasteiger partial charge in [0.05, 0.1) is 23.5 Å². The average molecular weight is 461 g/mol. The number of rotatable bonds is 4. The van der Waals surface area contributed by atoms with E-state index in [1.54, 1.807) is 49.5 Å². The summed E-state index contributed by atoms with van der Waals surface area (Å²) in [6.45, 7) is 1.77. The van der Waals surface area contributed by atoms with Crippen molar-refractivity contribution in [2.45, 2.75) is 13.3 Å². The zero-order valence-electron chi connectivity index (χ0n) is 17.3. The quantitative estimate of drug-likeness (QED) is 0.407. The molecule has 9 nitrogen and oxygen atoms in total. The molecule has 5 rings (SSSR count). The number of nitrogens with one attached hydrogen (secondary N) is 3. The summed E-state index contributed by atoms with van der Waals surface area (Å²) in [5.41, 5.74) is 4.54. The molecule has 0 bridgehead atoms. The van der Waals surface area contributed by atoms with Gasteiger partial charge in [-0.1, -0.05) is 11.6 Å². The van der Waals surface area contributed by atoms with Gasteiger partial charge in [-0.05, 0) is 49.4 Å². The first-order chi connectivity index (χ1) is 15.9. The van der Waals surface area contributed by atoms with Crippen molar-refractivity contribution in [3.63, 3.8) is 0 Å². The Morgan fingerprint density at radius 1 is 1.15 bits per heavy atom. The second-order valence-electron chi connectivity index (χ2n) is 7.43. The molecule has 0 saturated heterocycles. The van der Waals surface area contributed by atoms with Crippen molar-refractivity contribution < 1.29 is 14.0 Å². The lowest BCUT2D eigenvalue weighted by atomic mass is 10.1. The van der Waals surface area contributed by atoms with Crippen molar-refractivity contribution in [1.29, 1.82) is 0 Å². The molecular formula is C23H17ClN6O3. The topological polar surface area (TPSA) is 122 Å². The second-order valence-corrected chi connectivity index (χ2v) is 7.87. The van der Waals surface area contributed by atoms with E-state index in [-0.39, 0.29) is 24.2 Å². The highest BCUT2D eigenvalue weighted by molar-refractivity contribution is 6.31. The van der Waals surface area contributed by atoms with Crippen LogP contribution in [0.5, 0.6) is 0 Å². The molecule has 164 valence electrons. The van der Waals surface area contributed by atoms with Gasteiger partial charge in [-0.15, -0.1) is 0 Å². The molecule has 0 fully saturated rings. The molecule has 2 amide bonds. The van der Waals surface area contributed by atoms with E-state index < -0.39 is 0 Å². The Bertz CT molecular complexity index is 1380. The van der Waals surface area contributed by atoms with Crippen LogP contribution in [0, 0.1) is 6.92 Å². The van der Waals surface area contributed by atoms with Gasteiger partial charge in [0.2, 0.25) is 11.9 Å². The number of nitrogens with zero attached hydrogens (tertiary/aromatic N) is 3. The third-order valence-corrected chi connectivity index (χ3v) is 5.20. The maximum atomic E-state index is 12.4. The second kappa shape index (κ2) is 8.36. The smallest absolute Gasteiger partial charge is 0.301 e. The number of hydrogen-bond donors (Lipinski definition) is 3. The Morgan fingerprint density at radius 3 is 2.73 bits per heavy atom. The van der Waals surface area contributed by atoms with Crippen LogP contribution in [0.1, 0.15) is 21.6 Å². The number of aromatic nitrogens is 3. The van der Waals surface area contributed by atoms with E-state index in [2.05, 4.69) is 30.9 Å².